The van der Waals surface area contributed by atoms with E-state index in [9.17, 15) is 5.11 Å². The second-order valence-corrected chi connectivity index (χ2v) is 5.48. The van der Waals surface area contributed by atoms with E-state index in [0.717, 1.165) is 12.8 Å². The Hall–Kier alpha value is -1.64. The molecule has 0 radical (unpaired) electrons. The first-order chi connectivity index (χ1) is 9.79. The van der Waals surface area contributed by atoms with Crippen LogP contribution in [-0.2, 0) is 6.42 Å². The molecular formula is C18H21NO. The highest BCUT2D eigenvalue weighted by atomic mass is 16.3. The molecule has 0 heterocycles. The molecule has 2 aromatic carbocycles. The second-order valence-electron chi connectivity index (χ2n) is 5.48. The van der Waals surface area contributed by atoms with Crippen molar-refractivity contribution in [3.05, 3.63) is 70.8 Å². The number of fused-ring (bicyclic) bond motifs is 2. The van der Waals surface area contributed by atoms with Gasteiger partial charge in [-0.25, -0.2) is 0 Å². The maximum absolute atomic E-state index is 9.82. The molecule has 0 saturated carbocycles. The number of hydrogen-bond donors (Lipinski definition) is 2. The van der Waals surface area contributed by atoms with Gasteiger partial charge in [0.25, 0.3) is 0 Å². The second kappa shape index (κ2) is 5.78. The molecule has 2 N–H and O–H groups in total. The Morgan fingerprint density at radius 3 is 2.15 bits per heavy atom. The van der Waals surface area contributed by atoms with Crippen LogP contribution in [0.25, 0.3) is 0 Å². The van der Waals surface area contributed by atoms with Crippen LogP contribution in [0.4, 0.5) is 0 Å². The lowest BCUT2D eigenvalue weighted by Gasteiger charge is -2.30. The van der Waals surface area contributed by atoms with Crippen molar-refractivity contribution in [3.8, 4) is 0 Å². The molecule has 0 aromatic heterocycles. The topological polar surface area (TPSA) is 32.3 Å². The van der Waals surface area contributed by atoms with E-state index >= 15 is 0 Å². The van der Waals surface area contributed by atoms with E-state index in [1.54, 1.807) is 0 Å². The Bertz CT molecular complexity index is 548. The third-order valence-electron chi connectivity index (χ3n) is 4.14. The third kappa shape index (κ3) is 2.49. The van der Waals surface area contributed by atoms with Gasteiger partial charge in [-0.1, -0.05) is 55.5 Å². The molecule has 2 aromatic rings. The van der Waals surface area contributed by atoms with E-state index in [4.69, 9.17) is 0 Å². The van der Waals surface area contributed by atoms with Gasteiger partial charge >= 0.3 is 0 Å². The van der Waals surface area contributed by atoms with E-state index in [1.165, 1.54) is 22.3 Å². The molecule has 1 aliphatic carbocycles. The highest BCUT2D eigenvalue weighted by molar-refractivity contribution is 5.48. The number of rotatable bonds is 4. The van der Waals surface area contributed by atoms with Gasteiger partial charge in [-0.2, -0.15) is 0 Å². The van der Waals surface area contributed by atoms with E-state index in [2.05, 4.69) is 53.8 Å². The van der Waals surface area contributed by atoms with Crippen molar-refractivity contribution in [2.75, 3.05) is 6.54 Å². The summed E-state index contributed by atoms with van der Waals surface area (Å²) in [6.07, 6.45) is 1.50. The van der Waals surface area contributed by atoms with Crippen LogP contribution in [0.2, 0.25) is 0 Å². The van der Waals surface area contributed by atoms with Gasteiger partial charge in [0, 0.05) is 6.54 Å². The molecule has 2 heteroatoms. The molecule has 1 aliphatic rings. The van der Waals surface area contributed by atoms with Crippen LogP contribution in [0.3, 0.4) is 0 Å². The van der Waals surface area contributed by atoms with Gasteiger partial charge in [-0.3, -0.25) is 0 Å². The number of benzene rings is 2. The highest BCUT2D eigenvalue weighted by Crippen LogP contribution is 2.34. The predicted molar refractivity (Wildman–Crippen MR) is 81.8 cm³/mol. The summed E-state index contributed by atoms with van der Waals surface area (Å²) in [5.74, 6) is 0. The number of aliphatic hydroxyl groups is 1. The summed E-state index contributed by atoms with van der Waals surface area (Å²) in [7, 11) is 0. The Labute approximate surface area is 120 Å². The lowest BCUT2D eigenvalue weighted by atomic mass is 9.82. The minimum atomic E-state index is -0.281. The summed E-state index contributed by atoms with van der Waals surface area (Å²) in [5, 5.41) is 13.4. The van der Waals surface area contributed by atoms with Crippen molar-refractivity contribution in [2.24, 2.45) is 0 Å². The van der Waals surface area contributed by atoms with Crippen LogP contribution in [0.15, 0.2) is 48.5 Å². The van der Waals surface area contributed by atoms with Gasteiger partial charge in [-0.05, 0) is 35.1 Å². The van der Waals surface area contributed by atoms with E-state index in [0.29, 0.717) is 6.54 Å². The summed E-state index contributed by atoms with van der Waals surface area (Å²) in [6.45, 7) is 2.64. The molecule has 0 saturated heterocycles. The van der Waals surface area contributed by atoms with Gasteiger partial charge in [0.15, 0.2) is 0 Å². The standard InChI is InChI=1S/C18H21NO/c1-2-15(20)12-19-18-16-9-5-3-7-13(16)11-14-8-4-6-10-17(14)18/h3-10,15,18-20H,2,11-12H2,1H3. The molecule has 20 heavy (non-hydrogen) atoms. The first kappa shape index (κ1) is 13.3. The fourth-order valence-corrected chi connectivity index (χ4v) is 2.94. The molecule has 2 nitrogen and oxygen atoms in total. The minimum absolute atomic E-state index is 0.192. The maximum atomic E-state index is 9.82. The summed E-state index contributed by atoms with van der Waals surface area (Å²) >= 11 is 0. The predicted octanol–water partition coefficient (Wildman–Crippen LogP) is 3.04. The lowest BCUT2D eigenvalue weighted by molar-refractivity contribution is 0.164. The fourth-order valence-electron chi connectivity index (χ4n) is 2.94. The number of nitrogens with one attached hydrogen (secondary N) is 1. The quantitative estimate of drug-likeness (QED) is 0.892. The zero-order chi connectivity index (χ0) is 13.9. The molecule has 0 bridgehead atoms. The molecule has 0 spiro atoms. The minimum Gasteiger partial charge on any atom is -0.392 e. The molecule has 1 unspecified atom stereocenters. The lowest BCUT2D eigenvalue weighted by Crippen LogP contribution is -2.33. The average Bonchev–Trinajstić information content (AvgIpc) is 2.51. The van der Waals surface area contributed by atoms with Crippen molar-refractivity contribution in [2.45, 2.75) is 31.9 Å². The van der Waals surface area contributed by atoms with E-state index in [-0.39, 0.29) is 12.1 Å². The van der Waals surface area contributed by atoms with Crippen LogP contribution in [0.5, 0.6) is 0 Å². The maximum Gasteiger partial charge on any atom is 0.0662 e. The fraction of sp³-hybridized carbons (Fsp3) is 0.333. The first-order valence-electron chi connectivity index (χ1n) is 7.36. The zero-order valence-electron chi connectivity index (χ0n) is 11.8. The van der Waals surface area contributed by atoms with Crippen LogP contribution in [-0.4, -0.2) is 17.8 Å². The third-order valence-corrected chi connectivity index (χ3v) is 4.14. The average molecular weight is 267 g/mol. The number of aliphatic hydroxyl groups excluding tert-OH is 1. The Kier molecular flexibility index (Phi) is 3.86. The normalized spacial score (nSPS) is 15.5. The molecular weight excluding hydrogens is 246 g/mol. The molecule has 0 amide bonds. The largest absolute Gasteiger partial charge is 0.392 e. The molecule has 3 rings (SSSR count). The van der Waals surface area contributed by atoms with Crippen molar-refractivity contribution in [3.63, 3.8) is 0 Å². The summed E-state index contributed by atoms with van der Waals surface area (Å²) in [4.78, 5) is 0. The Morgan fingerprint density at radius 1 is 1.05 bits per heavy atom. The zero-order valence-corrected chi connectivity index (χ0v) is 11.8. The molecule has 0 aliphatic heterocycles. The summed E-state index contributed by atoms with van der Waals surface area (Å²) < 4.78 is 0. The van der Waals surface area contributed by atoms with Crippen molar-refractivity contribution in [1.82, 2.24) is 5.32 Å². The Balaban J connectivity index is 1.95. The van der Waals surface area contributed by atoms with Crippen LogP contribution < -0.4 is 5.32 Å². The molecule has 0 fully saturated rings. The SMILES string of the molecule is CCC(O)CNC1c2ccccc2Cc2ccccc21. The monoisotopic (exact) mass is 267 g/mol. The smallest absolute Gasteiger partial charge is 0.0662 e. The first-order valence-corrected chi connectivity index (χ1v) is 7.36. The van der Waals surface area contributed by atoms with E-state index in [1.807, 2.05) is 6.92 Å². The molecule has 1 atom stereocenters. The van der Waals surface area contributed by atoms with Crippen molar-refractivity contribution in [1.29, 1.82) is 0 Å². The highest BCUT2D eigenvalue weighted by Gasteiger charge is 2.24. The number of hydrogen-bond acceptors (Lipinski definition) is 2. The van der Waals surface area contributed by atoms with Gasteiger partial charge in [0.1, 0.15) is 0 Å². The van der Waals surface area contributed by atoms with Crippen LogP contribution in [0, 0.1) is 0 Å². The summed E-state index contributed by atoms with van der Waals surface area (Å²) in [6, 6.07) is 17.4. The van der Waals surface area contributed by atoms with Crippen molar-refractivity contribution < 1.29 is 5.11 Å². The molecule has 104 valence electrons. The van der Waals surface area contributed by atoms with Gasteiger partial charge in [0.2, 0.25) is 0 Å². The van der Waals surface area contributed by atoms with E-state index < -0.39 is 0 Å². The van der Waals surface area contributed by atoms with Gasteiger partial charge in [0.05, 0.1) is 12.1 Å². The Morgan fingerprint density at radius 2 is 1.60 bits per heavy atom. The van der Waals surface area contributed by atoms with Crippen molar-refractivity contribution >= 4 is 0 Å². The van der Waals surface area contributed by atoms with Gasteiger partial charge in [-0.15, -0.1) is 0 Å². The van der Waals surface area contributed by atoms with Crippen LogP contribution in [0.1, 0.15) is 41.6 Å². The summed E-state index contributed by atoms with van der Waals surface area (Å²) in [5.41, 5.74) is 5.45. The van der Waals surface area contributed by atoms with Gasteiger partial charge < -0.3 is 10.4 Å². The van der Waals surface area contributed by atoms with Crippen LogP contribution >= 0.6 is 0 Å².